The van der Waals surface area contributed by atoms with Gasteiger partial charge in [-0.25, -0.2) is 0 Å². The van der Waals surface area contributed by atoms with E-state index in [0.29, 0.717) is 17.9 Å². The monoisotopic (exact) mass is 266 g/mol. The van der Waals surface area contributed by atoms with E-state index in [0.717, 1.165) is 32.5 Å². The molecule has 1 atom stereocenters. The number of carbonyl (C=O) groups is 1. The largest absolute Gasteiger partial charge is 0.342 e. The van der Waals surface area contributed by atoms with Crippen LogP contribution in [0.5, 0.6) is 0 Å². The Hall–Kier alpha value is -0.570. The minimum absolute atomic E-state index is 0.0482. The van der Waals surface area contributed by atoms with Crippen molar-refractivity contribution in [2.75, 3.05) is 19.6 Å². The van der Waals surface area contributed by atoms with Gasteiger partial charge in [0.25, 0.3) is 0 Å². The first-order valence-corrected chi connectivity index (χ1v) is 8.04. The molecule has 0 radical (unpaired) electrons. The number of hydrogen-bond acceptors (Lipinski definition) is 2. The smallest absolute Gasteiger partial charge is 0.228 e. The van der Waals surface area contributed by atoms with Crippen molar-refractivity contribution in [3.63, 3.8) is 0 Å². The molecule has 2 aliphatic rings. The summed E-state index contributed by atoms with van der Waals surface area (Å²) in [4.78, 5) is 14.9. The second-order valence-electron chi connectivity index (χ2n) is 7.09. The molecular weight excluding hydrogens is 236 g/mol. The summed E-state index contributed by atoms with van der Waals surface area (Å²) in [6.45, 7) is 9.55. The van der Waals surface area contributed by atoms with Gasteiger partial charge in [-0.15, -0.1) is 0 Å². The summed E-state index contributed by atoms with van der Waals surface area (Å²) in [6, 6.07) is 0.540. The van der Waals surface area contributed by atoms with Crippen LogP contribution in [0.15, 0.2) is 0 Å². The maximum Gasteiger partial charge on any atom is 0.228 e. The van der Waals surface area contributed by atoms with Crippen molar-refractivity contribution >= 4 is 5.91 Å². The Balaban J connectivity index is 1.88. The molecule has 1 aliphatic heterocycles. The van der Waals surface area contributed by atoms with E-state index in [1.807, 2.05) is 0 Å². The molecule has 110 valence electrons. The minimum atomic E-state index is -0.0482. The number of rotatable bonds is 4. The lowest BCUT2D eigenvalue weighted by Gasteiger charge is -2.38. The number of carbonyl (C=O) groups excluding carboxylic acids is 1. The molecule has 1 amide bonds. The maximum absolute atomic E-state index is 12.7. The minimum Gasteiger partial charge on any atom is -0.342 e. The molecule has 1 unspecified atom stereocenters. The summed E-state index contributed by atoms with van der Waals surface area (Å²) in [5, 5.41) is 3.52. The highest BCUT2D eigenvalue weighted by Gasteiger charge is 2.40. The van der Waals surface area contributed by atoms with Crippen LogP contribution in [0.2, 0.25) is 0 Å². The molecule has 3 nitrogen and oxygen atoms in total. The predicted octanol–water partition coefficient (Wildman–Crippen LogP) is 2.80. The van der Waals surface area contributed by atoms with E-state index in [-0.39, 0.29) is 5.41 Å². The van der Waals surface area contributed by atoms with Crippen LogP contribution in [0.4, 0.5) is 0 Å². The SMILES string of the molecule is CC(C)NCC1CCCN(C(=O)C2(C)CCCC2)C1. The lowest BCUT2D eigenvalue weighted by atomic mass is 9.85. The molecule has 2 fully saturated rings. The fourth-order valence-electron chi connectivity index (χ4n) is 3.57. The highest BCUT2D eigenvalue weighted by atomic mass is 16.2. The first kappa shape index (κ1) is 14.8. The lowest BCUT2D eigenvalue weighted by molar-refractivity contribution is -0.142. The Labute approximate surface area is 118 Å². The van der Waals surface area contributed by atoms with Gasteiger partial charge in [-0.1, -0.05) is 33.6 Å². The van der Waals surface area contributed by atoms with Crippen LogP contribution in [0.1, 0.15) is 59.3 Å². The molecule has 0 aromatic rings. The van der Waals surface area contributed by atoms with Crippen LogP contribution in [0.25, 0.3) is 0 Å². The predicted molar refractivity (Wildman–Crippen MR) is 79.0 cm³/mol. The molecule has 0 bridgehead atoms. The number of likely N-dealkylation sites (tertiary alicyclic amines) is 1. The van der Waals surface area contributed by atoms with Gasteiger partial charge in [0.05, 0.1) is 0 Å². The quantitative estimate of drug-likeness (QED) is 0.848. The van der Waals surface area contributed by atoms with E-state index < -0.39 is 0 Å². The van der Waals surface area contributed by atoms with Gasteiger partial charge in [0, 0.05) is 24.5 Å². The molecule has 2 rings (SSSR count). The molecule has 1 aliphatic carbocycles. The highest BCUT2D eigenvalue weighted by molar-refractivity contribution is 5.82. The third-order valence-corrected chi connectivity index (χ3v) is 4.84. The van der Waals surface area contributed by atoms with Gasteiger partial charge in [-0.2, -0.15) is 0 Å². The third-order valence-electron chi connectivity index (χ3n) is 4.84. The second kappa shape index (κ2) is 6.25. The summed E-state index contributed by atoms with van der Waals surface area (Å²) in [5.74, 6) is 1.07. The van der Waals surface area contributed by atoms with Gasteiger partial charge in [0.15, 0.2) is 0 Å². The molecule has 0 aromatic heterocycles. The standard InChI is InChI=1S/C16H30N2O/c1-13(2)17-11-14-7-6-10-18(12-14)15(19)16(3)8-4-5-9-16/h13-14,17H,4-12H2,1-3H3. The maximum atomic E-state index is 12.7. The first-order valence-electron chi connectivity index (χ1n) is 8.04. The Bertz CT molecular complexity index is 308. The van der Waals surface area contributed by atoms with Crippen LogP contribution < -0.4 is 5.32 Å². The number of hydrogen-bond donors (Lipinski definition) is 1. The summed E-state index contributed by atoms with van der Waals surface area (Å²) in [5.41, 5.74) is -0.0482. The van der Waals surface area contributed by atoms with Crippen LogP contribution in [0.3, 0.4) is 0 Å². The Morgan fingerprint density at radius 3 is 2.63 bits per heavy atom. The van der Waals surface area contributed by atoms with Crippen molar-refractivity contribution in [2.45, 2.75) is 65.3 Å². The summed E-state index contributed by atoms with van der Waals surface area (Å²) >= 11 is 0. The van der Waals surface area contributed by atoms with Crippen molar-refractivity contribution in [1.29, 1.82) is 0 Å². The molecule has 0 spiro atoms. The Kier molecular flexibility index (Phi) is 4.88. The molecule has 19 heavy (non-hydrogen) atoms. The van der Waals surface area contributed by atoms with E-state index in [1.165, 1.54) is 25.7 Å². The van der Waals surface area contributed by atoms with Crippen LogP contribution in [-0.4, -0.2) is 36.5 Å². The number of piperidine rings is 1. The number of nitrogens with one attached hydrogen (secondary N) is 1. The normalized spacial score (nSPS) is 26.9. The van der Waals surface area contributed by atoms with E-state index in [2.05, 4.69) is 31.0 Å². The van der Waals surface area contributed by atoms with Crippen LogP contribution >= 0.6 is 0 Å². The molecule has 3 heteroatoms. The van der Waals surface area contributed by atoms with Crippen molar-refractivity contribution in [3.8, 4) is 0 Å². The second-order valence-corrected chi connectivity index (χ2v) is 7.09. The molecule has 1 saturated heterocycles. The molecule has 1 saturated carbocycles. The summed E-state index contributed by atoms with van der Waals surface area (Å²) in [7, 11) is 0. The van der Waals surface area contributed by atoms with E-state index in [4.69, 9.17) is 0 Å². The number of nitrogens with zero attached hydrogens (tertiary/aromatic N) is 1. The van der Waals surface area contributed by atoms with Gasteiger partial charge < -0.3 is 10.2 Å². The fraction of sp³-hybridized carbons (Fsp3) is 0.938. The summed E-state index contributed by atoms with van der Waals surface area (Å²) in [6.07, 6.45) is 7.09. The summed E-state index contributed by atoms with van der Waals surface area (Å²) < 4.78 is 0. The Morgan fingerprint density at radius 1 is 1.32 bits per heavy atom. The average Bonchev–Trinajstić information content (AvgIpc) is 2.84. The van der Waals surface area contributed by atoms with Crippen molar-refractivity contribution in [2.24, 2.45) is 11.3 Å². The lowest BCUT2D eigenvalue weighted by Crippen LogP contribution is -2.48. The molecule has 1 N–H and O–H groups in total. The van der Waals surface area contributed by atoms with Crippen molar-refractivity contribution < 1.29 is 4.79 Å². The van der Waals surface area contributed by atoms with Gasteiger partial charge in [0.2, 0.25) is 5.91 Å². The topological polar surface area (TPSA) is 32.3 Å². The van der Waals surface area contributed by atoms with Gasteiger partial charge in [-0.05, 0) is 38.1 Å². The van der Waals surface area contributed by atoms with E-state index in [9.17, 15) is 4.79 Å². The zero-order valence-electron chi connectivity index (χ0n) is 12.9. The van der Waals surface area contributed by atoms with Crippen molar-refractivity contribution in [3.05, 3.63) is 0 Å². The molecular formula is C16H30N2O. The van der Waals surface area contributed by atoms with Gasteiger partial charge >= 0.3 is 0 Å². The van der Waals surface area contributed by atoms with E-state index >= 15 is 0 Å². The molecule has 0 aromatic carbocycles. The van der Waals surface area contributed by atoms with Gasteiger partial charge in [0.1, 0.15) is 0 Å². The first-order chi connectivity index (χ1) is 9.01. The third kappa shape index (κ3) is 3.71. The zero-order chi connectivity index (χ0) is 13.9. The van der Waals surface area contributed by atoms with Crippen molar-refractivity contribution in [1.82, 2.24) is 10.2 Å². The average molecular weight is 266 g/mol. The fourth-order valence-corrected chi connectivity index (χ4v) is 3.57. The van der Waals surface area contributed by atoms with Gasteiger partial charge in [-0.3, -0.25) is 4.79 Å². The Morgan fingerprint density at radius 2 is 2.00 bits per heavy atom. The van der Waals surface area contributed by atoms with Crippen LogP contribution in [0, 0.1) is 11.3 Å². The molecule has 1 heterocycles. The van der Waals surface area contributed by atoms with E-state index in [1.54, 1.807) is 0 Å². The van der Waals surface area contributed by atoms with Crippen LogP contribution in [-0.2, 0) is 4.79 Å². The number of amides is 1. The highest BCUT2D eigenvalue weighted by Crippen LogP contribution is 2.39. The zero-order valence-corrected chi connectivity index (χ0v) is 12.9.